The third-order valence-electron chi connectivity index (χ3n) is 9.32. The van der Waals surface area contributed by atoms with Crippen LogP contribution in [-0.4, -0.2) is 17.3 Å². The molecule has 48 heavy (non-hydrogen) atoms. The van der Waals surface area contributed by atoms with Crippen LogP contribution in [0, 0.1) is 0 Å². The number of aliphatic imine (C=N–C) groups is 1. The molecular weight excluding hydrogens is 585 g/mol. The normalized spacial score (nSPS) is 11.6. The zero-order valence-corrected chi connectivity index (χ0v) is 30.0. The molecule has 1 heterocycles. The molecule has 0 saturated heterocycles. The fourth-order valence-corrected chi connectivity index (χ4v) is 6.50. The van der Waals surface area contributed by atoms with Gasteiger partial charge in [-0.15, -0.1) is 0 Å². The van der Waals surface area contributed by atoms with Crippen LogP contribution in [0.1, 0.15) is 135 Å². The first-order valence-electron chi connectivity index (χ1n) is 19.1. The minimum atomic E-state index is 0.716. The van der Waals surface area contributed by atoms with E-state index in [0.717, 1.165) is 51.5 Å². The summed E-state index contributed by atoms with van der Waals surface area (Å²) in [6, 6.07) is 31.4. The summed E-state index contributed by atoms with van der Waals surface area (Å²) in [4.78, 5) is 9.54. The molecule has 0 N–H and O–H groups in total. The van der Waals surface area contributed by atoms with Gasteiger partial charge in [0.05, 0.1) is 23.7 Å². The van der Waals surface area contributed by atoms with Gasteiger partial charge in [0.2, 0.25) is 0 Å². The number of hydrogen-bond donors (Lipinski definition) is 0. The van der Waals surface area contributed by atoms with Crippen molar-refractivity contribution < 1.29 is 4.74 Å². The van der Waals surface area contributed by atoms with Crippen molar-refractivity contribution in [3.05, 3.63) is 103 Å². The van der Waals surface area contributed by atoms with Crippen LogP contribution in [0.15, 0.2) is 102 Å². The van der Waals surface area contributed by atoms with Crippen LogP contribution in [0.25, 0.3) is 22.3 Å². The summed E-state index contributed by atoms with van der Waals surface area (Å²) >= 11 is 0. The van der Waals surface area contributed by atoms with Crippen LogP contribution in [-0.2, 0) is 0 Å². The fourth-order valence-electron chi connectivity index (χ4n) is 6.50. The maximum Gasteiger partial charge on any atom is 0.135 e. The second-order valence-electron chi connectivity index (χ2n) is 13.4. The Kier molecular flexibility index (Phi) is 17.6. The van der Waals surface area contributed by atoms with Gasteiger partial charge >= 0.3 is 0 Å². The van der Waals surface area contributed by atoms with Crippen molar-refractivity contribution in [3.63, 3.8) is 0 Å². The lowest BCUT2D eigenvalue weighted by molar-refractivity contribution is 0.306. The van der Waals surface area contributed by atoms with E-state index in [-0.39, 0.29) is 0 Å². The van der Waals surface area contributed by atoms with E-state index in [1.807, 2.05) is 31.3 Å². The summed E-state index contributed by atoms with van der Waals surface area (Å²) in [6.07, 6.45) is 26.6. The van der Waals surface area contributed by atoms with E-state index in [1.165, 1.54) is 109 Å². The number of rotatable bonds is 24. The van der Waals surface area contributed by atoms with Crippen molar-refractivity contribution in [2.75, 3.05) is 6.61 Å². The lowest BCUT2D eigenvalue weighted by atomic mass is 9.96. The number of benzene rings is 3. The van der Waals surface area contributed by atoms with Crippen molar-refractivity contribution in [3.8, 4) is 28.0 Å². The molecule has 0 saturated carbocycles. The van der Waals surface area contributed by atoms with E-state index >= 15 is 0 Å². The van der Waals surface area contributed by atoms with E-state index < -0.39 is 0 Å². The van der Waals surface area contributed by atoms with Crippen LogP contribution in [0.4, 0.5) is 5.69 Å². The summed E-state index contributed by atoms with van der Waals surface area (Å²) < 4.78 is 6.69. The summed E-state index contributed by atoms with van der Waals surface area (Å²) in [6.45, 7) is 5.04. The number of nitrogens with zero attached hydrogens (tertiary/aromatic N) is 2. The third-order valence-corrected chi connectivity index (χ3v) is 9.32. The average Bonchev–Trinajstić information content (AvgIpc) is 3.13. The second kappa shape index (κ2) is 22.8. The predicted molar refractivity (Wildman–Crippen MR) is 208 cm³/mol. The molecule has 4 aromatic rings. The first kappa shape index (κ1) is 37.1. The largest absolute Gasteiger partial charge is 0.492 e. The first-order chi connectivity index (χ1) is 23.8. The quantitative estimate of drug-likeness (QED) is 0.0562. The highest BCUT2D eigenvalue weighted by molar-refractivity contribution is 5.99. The molecule has 0 bridgehead atoms. The molecule has 256 valence electrons. The maximum absolute atomic E-state index is 6.69. The Morgan fingerprint density at radius 1 is 0.542 bits per heavy atom. The number of hydrogen-bond acceptors (Lipinski definition) is 3. The first-order valence-corrected chi connectivity index (χ1v) is 19.1. The van der Waals surface area contributed by atoms with Gasteiger partial charge in [-0.25, -0.2) is 0 Å². The van der Waals surface area contributed by atoms with Crippen LogP contribution in [0.5, 0.6) is 5.75 Å². The standard InChI is InChI=1S/C45H60N2O/c1-3-4-5-6-7-8-9-10-11-12-13-14-15-16-17-18-19-28-35-48-45-42(39-29-22-20-23-30-39)36-41(37-43(45)40-31-24-21-25-32-40)47-38(2)44-33-26-27-34-46-44/h20-27,29-34,36-37H,3-19,28,35H2,1-2H3. The molecule has 0 aliphatic carbocycles. The monoisotopic (exact) mass is 644 g/mol. The van der Waals surface area contributed by atoms with Gasteiger partial charge in [0.15, 0.2) is 0 Å². The fraction of sp³-hybridized carbons (Fsp3) is 0.467. The minimum absolute atomic E-state index is 0.716. The van der Waals surface area contributed by atoms with E-state index in [4.69, 9.17) is 9.73 Å². The molecular formula is C45H60N2O. The lowest BCUT2D eigenvalue weighted by Gasteiger charge is -2.18. The number of ether oxygens (including phenoxy) is 1. The van der Waals surface area contributed by atoms with Crippen molar-refractivity contribution in [2.45, 2.75) is 129 Å². The van der Waals surface area contributed by atoms with Gasteiger partial charge in [-0.05, 0) is 48.7 Å². The number of pyridine rings is 1. The van der Waals surface area contributed by atoms with Crippen LogP contribution in [0.2, 0.25) is 0 Å². The zero-order valence-electron chi connectivity index (χ0n) is 30.0. The number of aromatic nitrogens is 1. The molecule has 1 aromatic heterocycles. The van der Waals surface area contributed by atoms with E-state index in [0.29, 0.717) is 6.61 Å². The van der Waals surface area contributed by atoms with Gasteiger partial charge in [0, 0.05) is 17.3 Å². The van der Waals surface area contributed by atoms with Gasteiger partial charge in [-0.2, -0.15) is 0 Å². The Morgan fingerprint density at radius 2 is 0.979 bits per heavy atom. The number of unbranched alkanes of at least 4 members (excludes halogenated alkanes) is 17. The van der Waals surface area contributed by atoms with Crippen molar-refractivity contribution >= 4 is 11.4 Å². The summed E-state index contributed by atoms with van der Waals surface area (Å²) in [5, 5.41) is 0. The van der Waals surface area contributed by atoms with Crippen LogP contribution >= 0.6 is 0 Å². The molecule has 0 atom stereocenters. The van der Waals surface area contributed by atoms with Gasteiger partial charge in [0.1, 0.15) is 5.75 Å². The SMILES string of the molecule is CCCCCCCCCCCCCCCCCCCCOc1c(-c2ccccc2)cc(N=C(C)c2ccccn2)cc1-c1ccccc1. The summed E-state index contributed by atoms with van der Waals surface area (Å²) in [7, 11) is 0. The highest BCUT2D eigenvalue weighted by Gasteiger charge is 2.16. The zero-order chi connectivity index (χ0) is 33.5. The Morgan fingerprint density at radius 3 is 1.42 bits per heavy atom. The van der Waals surface area contributed by atoms with Gasteiger partial charge in [0.25, 0.3) is 0 Å². The molecule has 0 amide bonds. The maximum atomic E-state index is 6.69. The average molecular weight is 645 g/mol. The summed E-state index contributed by atoms with van der Waals surface area (Å²) in [5.41, 5.74) is 7.09. The predicted octanol–water partition coefficient (Wildman–Crippen LogP) is 14.0. The highest BCUT2D eigenvalue weighted by Crippen LogP contribution is 2.42. The summed E-state index contributed by atoms with van der Waals surface area (Å²) in [5.74, 6) is 0.939. The van der Waals surface area contributed by atoms with Crippen molar-refractivity contribution in [2.24, 2.45) is 4.99 Å². The second-order valence-corrected chi connectivity index (χ2v) is 13.4. The molecule has 0 spiro atoms. The molecule has 3 aromatic carbocycles. The molecule has 0 radical (unpaired) electrons. The Hall–Kier alpha value is -3.72. The van der Waals surface area contributed by atoms with Crippen molar-refractivity contribution in [1.29, 1.82) is 0 Å². The molecule has 3 nitrogen and oxygen atoms in total. The lowest BCUT2D eigenvalue weighted by Crippen LogP contribution is -2.02. The van der Waals surface area contributed by atoms with E-state index in [1.54, 1.807) is 0 Å². The molecule has 0 aliphatic heterocycles. The Labute approximate surface area is 292 Å². The van der Waals surface area contributed by atoms with E-state index in [9.17, 15) is 0 Å². The van der Waals surface area contributed by atoms with E-state index in [2.05, 4.69) is 84.7 Å². The van der Waals surface area contributed by atoms with Crippen LogP contribution in [0.3, 0.4) is 0 Å². The Balaban J connectivity index is 1.25. The van der Waals surface area contributed by atoms with Gasteiger partial charge in [-0.3, -0.25) is 9.98 Å². The van der Waals surface area contributed by atoms with Crippen LogP contribution < -0.4 is 4.74 Å². The van der Waals surface area contributed by atoms with Gasteiger partial charge < -0.3 is 4.74 Å². The minimum Gasteiger partial charge on any atom is -0.492 e. The third kappa shape index (κ3) is 13.4. The molecule has 0 aliphatic rings. The van der Waals surface area contributed by atoms with Crippen molar-refractivity contribution in [1.82, 2.24) is 4.98 Å². The smallest absolute Gasteiger partial charge is 0.135 e. The Bertz CT molecular complexity index is 1370. The highest BCUT2D eigenvalue weighted by atomic mass is 16.5. The molecule has 4 rings (SSSR count). The molecule has 0 fully saturated rings. The van der Waals surface area contributed by atoms with Gasteiger partial charge in [-0.1, -0.05) is 183 Å². The molecule has 0 unspecified atom stereocenters. The molecule has 3 heteroatoms. The topological polar surface area (TPSA) is 34.5 Å².